The molecule has 1 aromatic heterocycles. The van der Waals surface area contributed by atoms with Crippen molar-refractivity contribution in [3.63, 3.8) is 0 Å². The molecule has 6 nitrogen and oxygen atoms in total. The quantitative estimate of drug-likeness (QED) is 0.173. The number of amides is 1. The molecule has 5 aromatic rings. The molecule has 1 heterocycles. The number of carboxylic acid groups (broad SMARTS) is 1. The van der Waals surface area contributed by atoms with Crippen LogP contribution >= 0.6 is 11.6 Å². The molecular formula is C36H36ClN2NaO4. The number of nitrogens with zero attached hydrogens (tertiary/aromatic N) is 1. The van der Waals surface area contributed by atoms with E-state index >= 15 is 0 Å². The van der Waals surface area contributed by atoms with Crippen LogP contribution in [0.2, 0.25) is 5.02 Å². The fourth-order valence-corrected chi connectivity index (χ4v) is 5.49. The number of hydrogen-bond acceptors (Lipinski definition) is 3. The Morgan fingerprint density at radius 3 is 2.34 bits per heavy atom. The summed E-state index contributed by atoms with van der Waals surface area (Å²) in [6.07, 6.45) is 3.27. The molecule has 2 N–H and O–H groups in total. The number of anilines is 1. The second-order valence-corrected chi connectivity index (χ2v) is 11.4. The third kappa shape index (κ3) is 7.74. The molecule has 0 fully saturated rings. The molecule has 0 bridgehead atoms. The van der Waals surface area contributed by atoms with Gasteiger partial charge in [0, 0.05) is 22.5 Å². The molecule has 4 aromatic carbocycles. The molecule has 222 valence electrons. The molecule has 0 atom stereocenters. The van der Waals surface area contributed by atoms with Gasteiger partial charge in [-0.05, 0) is 85.3 Å². The first-order valence-corrected chi connectivity index (χ1v) is 14.9. The number of fused-ring (bicyclic) bond motifs is 1. The Balaban J connectivity index is 0.00000276. The molecule has 0 aliphatic heterocycles. The smallest absolute Gasteiger partial charge is 1.00 e. The summed E-state index contributed by atoms with van der Waals surface area (Å²) in [4.78, 5) is 26.3. The van der Waals surface area contributed by atoms with Crippen molar-refractivity contribution in [3.05, 3.63) is 118 Å². The van der Waals surface area contributed by atoms with Crippen molar-refractivity contribution in [2.24, 2.45) is 0 Å². The van der Waals surface area contributed by atoms with Gasteiger partial charge < -0.3 is 21.2 Å². The molecule has 1 amide bonds. The fraction of sp³-hybridized carbons (Fsp3) is 0.222. The average Bonchev–Trinajstić information content (AvgIpc) is 3.28. The van der Waals surface area contributed by atoms with Crippen LogP contribution in [0.4, 0.5) is 5.69 Å². The maximum Gasteiger partial charge on any atom is 1.00 e. The van der Waals surface area contributed by atoms with Gasteiger partial charge in [0.25, 0.3) is 5.91 Å². The standard InChI is InChI=1S/C36H35ClN2O4.Na.H/c1-4-5-8-24-13-15-26(16-14-24)27-17-18-31-32(21-27)39(22-25-9-6-11-29(37)19-25)34(36(41)42)33(31)38-35(40)28-10-7-12-30(20-28)43-23(2)3;;/h6-7,9-21,23H,4-5,8,22H2,1-3H3,(H,38,40)(H,41,42);;/q;+1;-1. The van der Waals surface area contributed by atoms with E-state index < -0.39 is 11.9 Å². The molecule has 8 heteroatoms. The first-order valence-electron chi connectivity index (χ1n) is 14.5. The van der Waals surface area contributed by atoms with E-state index in [2.05, 4.69) is 36.5 Å². The van der Waals surface area contributed by atoms with Crippen LogP contribution in [0.1, 0.15) is 67.0 Å². The normalized spacial score (nSPS) is 10.9. The van der Waals surface area contributed by atoms with Gasteiger partial charge in [-0.1, -0.05) is 79.5 Å². The van der Waals surface area contributed by atoms with Crippen LogP contribution in [0.25, 0.3) is 22.0 Å². The number of halogens is 1. The van der Waals surface area contributed by atoms with Crippen LogP contribution < -0.4 is 39.6 Å². The Labute approximate surface area is 286 Å². The predicted molar refractivity (Wildman–Crippen MR) is 175 cm³/mol. The number of aryl methyl sites for hydroxylation is 1. The van der Waals surface area contributed by atoms with Gasteiger partial charge in [-0.15, -0.1) is 0 Å². The zero-order valence-corrected chi connectivity index (χ0v) is 28.3. The number of carbonyl (C=O) groups excluding carboxylic acids is 1. The van der Waals surface area contributed by atoms with Gasteiger partial charge in [0.15, 0.2) is 5.69 Å². The van der Waals surface area contributed by atoms with Crippen LogP contribution in [0.15, 0.2) is 91.0 Å². The Hall–Kier alpha value is -3.55. The summed E-state index contributed by atoms with van der Waals surface area (Å²) in [5.41, 5.74) is 5.40. The molecule has 0 radical (unpaired) electrons. The SMILES string of the molecule is CCCCc1ccc(-c2ccc3c(NC(=O)c4cccc(OC(C)C)c4)c(C(=O)O)n(Cc4cccc(Cl)c4)c3c2)cc1.[H-].[Na+]. The van der Waals surface area contributed by atoms with E-state index in [-0.39, 0.29) is 55.0 Å². The third-order valence-electron chi connectivity index (χ3n) is 7.31. The minimum atomic E-state index is -1.15. The van der Waals surface area contributed by atoms with Crippen LogP contribution in [0, 0.1) is 0 Å². The van der Waals surface area contributed by atoms with Crippen LogP contribution in [-0.4, -0.2) is 27.7 Å². The van der Waals surface area contributed by atoms with Gasteiger partial charge in [-0.25, -0.2) is 4.79 Å². The Bertz CT molecular complexity index is 1790. The molecule has 0 saturated carbocycles. The monoisotopic (exact) mass is 618 g/mol. The number of hydrogen-bond donors (Lipinski definition) is 2. The number of benzene rings is 4. The second kappa shape index (κ2) is 15.0. The average molecular weight is 619 g/mol. The molecule has 0 spiro atoms. The molecule has 0 aliphatic rings. The van der Waals surface area contributed by atoms with Crippen molar-refractivity contribution >= 4 is 40.1 Å². The second-order valence-electron chi connectivity index (χ2n) is 10.9. The van der Waals surface area contributed by atoms with Gasteiger partial charge >= 0.3 is 35.5 Å². The van der Waals surface area contributed by atoms with E-state index in [9.17, 15) is 14.7 Å². The van der Waals surface area contributed by atoms with Crippen LogP contribution in [0.5, 0.6) is 5.75 Å². The van der Waals surface area contributed by atoms with Crippen molar-refractivity contribution in [1.29, 1.82) is 0 Å². The topological polar surface area (TPSA) is 80.6 Å². The summed E-state index contributed by atoms with van der Waals surface area (Å²) in [5, 5.41) is 14.6. The van der Waals surface area contributed by atoms with Gasteiger partial charge in [0.05, 0.1) is 17.3 Å². The first kappa shape index (κ1) is 33.3. The number of carbonyl (C=O) groups is 2. The third-order valence-corrected chi connectivity index (χ3v) is 7.54. The van der Waals surface area contributed by atoms with Crippen molar-refractivity contribution in [2.75, 3.05) is 5.32 Å². The Kier molecular flexibility index (Phi) is 11.3. The summed E-state index contributed by atoms with van der Waals surface area (Å²) in [6.45, 7) is 6.26. The van der Waals surface area contributed by atoms with Crippen molar-refractivity contribution in [3.8, 4) is 16.9 Å². The van der Waals surface area contributed by atoms with E-state index in [4.69, 9.17) is 16.3 Å². The number of aromatic carboxylic acids is 1. The molecule has 0 saturated heterocycles. The number of aromatic nitrogens is 1. The van der Waals surface area contributed by atoms with Gasteiger partial charge in [0.2, 0.25) is 0 Å². The number of rotatable bonds is 11. The van der Waals surface area contributed by atoms with Crippen molar-refractivity contribution in [1.82, 2.24) is 4.57 Å². The van der Waals surface area contributed by atoms with Crippen molar-refractivity contribution in [2.45, 2.75) is 52.7 Å². The maximum atomic E-state index is 13.5. The predicted octanol–water partition coefficient (Wildman–Crippen LogP) is 6.21. The molecular weight excluding hydrogens is 583 g/mol. The summed E-state index contributed by atoms with van der Waals surface area (Å²) in [6, 6.07) is 28.5. The number of ether oxygens (including phenoxy) is 1. The van der Waals surface area contributed by atoms with Gasteiger partial charge in [-0.2, -0.15) is 0 Å². The van der Waals surface area contributed by atoms with E-state index in [1.807, 2.05) is 50.2 Å². The number of nitrogens with one attached hydrogen (secondary N) is 1. The van der Waals surface area contributed by atoms with E-state index in [0.29, 0.717) is 27.2 Å². The maximum absolute atomic E-state index is 13.5. The summed E-state index contributed by atoms with van der Waals surface area (Å²) in [5.74, 6) is -1.01. The zero-order valence-electron chi connectivity index (χ0n) is 26.6. The van der Waals surface area contributed by atoms with Gasteiger partial charge in [-0.3, -0.25) is 4.79 Å². The summed E-state index contributed by atoms with van der Waals surface area (Å²) >= 11 is 6.27. The number of unbranched alkanes of at least 4 members (excludes halogenated alkanes) is 1. The van der Waals surface area contributed by atoms with E-state index in [1.54, 1.807) is 34.9 Å². The largest absolute Gasteiger partial charge is 1.00 e. The Morgan fingerprint density at radius 1 is 0.932 bits per heavy atom. The van der Waals surface area contributed by atoms with Gasteiger partial charge in [0.1, 0.15) is 5.75 Å². The fourth-order valence-electron chi connectivity index (χ4n) is 5.27. The summed E-state index contributed by atoms with van der Waals surface area (Å²) in [7, 11) is 0. The van der Waals surface area contributed by atoms with E-state index in [1.165, 1.54) is 5.56 Å². The zero-order chi connectivity index (χ0) is 30.5. The minimum absolute atomic E-state index is 0. The van der Waals surface area contributed by atoms with Crippen molar-refractivity contribution < 1.29 is 50.4 Å². The molecule has 0 aliphatic carbocycles. The molecule has 5 rings (SSSR count). The molecule has 44 heavy (non-hydrogen) atoms. The molecule has 0 unspecified atom stereocenters. The summed E-state index contributed by atoms with van der Waals surface area (Å²) < 4.78 is 7.49. The van der Waals surface area contributed by atoms with Crippen LogP contribution in [-0.2, 0) is 13.0 Å². The first-order chi connectivity index (χ1) is 20.7. The number of carboxylic acids is 1. The van der Waals surface area contributed by atoms with E-state index in [0.717, 1.165) is 36.0 Å². The van der Waals surface area contributed by atoms with Crippen LogP contribution in [0.3, 0.4) is 0 Å². The Morgan fingerprint density at radius 2 is 1.66 bits per heavy atom. The minimum Gasteiger partial charge on any atom is -1.00 e.